The number of carbonyl (C=O) groups is 1. The summed E-state index contributed by atoms with van der Waals surface area (Å²) in [4.78, 5) is 13.4. The lowest BCUT2D eigenvalue weighted by molar-refractivity contribution is -0.118. The fourth-order valence-electron chi connectivity index (χ4n) is 2.60. The highest BCUT2D eigenvalue weighted by Gasteiger charge is 2.54. The van der Waals surface area contributed by atoms with Crippen molar-refractivity contribution in [1.82, 2.24) is 4.90 Å². The van der Waals surface area contributed by atoms with Crippen molar-refractivity contribution in [2.24, 2.45) is 0 Å². The van der Waals surface area contributed by atoms with Crippen molar-refractivity contribution in [2.75, 3.05) is 13.2 Å². The van der Waals surface area contributed by atoms with Crippen molar-refractivity contribution in [1.29, 1.82) is 5.26 Å². The first-order valence-electron chi connectivity index (χ1n) is 5.61. The highest BCUT2D eigenvalue weighted by atomic mass is 16.5. The minimum absolute atomic E-state index is 0.121. The van der Waals surface area contributed by atoms with E-state index in [0.29, 0.717) is 13.2 Å². The number of hydrogen-bond donors (Lipinski definition) is 0. The summed E-state index contributed by atoms with van der Waals surface area (Å²) in [6.45, 7) is 0.627. The fourth-order valence-corrected chi connectivity index (χ4v) is 2.60. The number of nitrogens with zero attached hydrogens (tertiary/aromatic N) is 2. The normalized spacial score (nSPS) is 32.4. The Balaban J connectivity index is 1.96. The Morgan fingerprint density at radius 1 is 1.41 bits per heavy atom. The Labute approximate surface area is 99.4 Å². The average Bonchev–Trinajstić information content (AvgIpc) is 2.85. The molecule has 2 aliphatic heterocycles. The van der Waals surface area contributed by atoms with E-state index in [1.807, 2.05) is 35.2 Å². The molecule has 2 atom stereocenters. The highest BCUT2D eigenvalue weighted by molar-refractivity contribution is 5.85. The molecule has 4 heteroatoms. The summed E-state index contributed by atoms with van der Waals surface area (Å²) in [7, 11) is 0. The van der Waals surface area contributed by atoms with Crippen LogP contribution in [0, 0.1) is 11.3 Å². The predicted molar refractivity (Wildman–Crippen MR) is 59.8 cm³/mol. The van der Waals surface area contributed by atoms with Crippen molar-refractivity contribution < 1.29 is 9.53 Å². The minimum Gasteiger partial charge on any atom is -0.356 e. The third-order valence-corrected chi connectivity index (χ3v) is 3.44. The van der Waals surface area contributed by atoms with Crippen LogP contribution in [-0.2, 0) is 9.53 Å². The maximum Gasteiger partial charge on any atom is 0.150 e. The molecular formula is C13H12N2O2. The first kappa shape index (κ1) is 10.5. The quantitative estimate of drug-likeness (QED) is 0.726. The van der Waals surface area contributed by atoms with Gasteiger partial charge in [-0.2, -0.15) is 5.26 Å². The van der Waals surface area contributed by atoms with Crippen LogP contribution in [0.25, 0.3) is 0 Å². The monoisotopic (exact) mass is 228 g/mol. The largest absolute Gasteiger partial charge is 0.356 e. The summed E-state index contributed by atoms with van der Waals surface area (Å²) in [6.07, 6.45) is 0.0228. The molecule has 0 saturated carbocycles. The topological polar surface area (TPSA) is 53.3 Å². The summed E-state index contributed by atoms with van der Waals surface area (Å²) < 4.78 is 5.70. The van der Waals surface area contributed by atoms with Gasteiger partial charge in [-0.05, 0) is 5.56 Å². The van der Waals surface area contributed by atoms with E-state index >= 15 is 0 Å². The zero-order valence-corrected chi connectivity index (χ0v) is 9.30. The van der Waals surface area contributed by atoms with Gasteiger partial charge in [-0.15, -0.1) is 0 Å². The van der Waals surface area contributed by atoms with E-state index in [2.05, 4.69) is 6.07 Å². The number of hydrogen-bond acceptors (Lipinski definition) is 4. The van der Waals surface area contributed by atoms with Gasteiger partial charge >= 0.3 is 0 Å². The number of rotatable bonds is 1. The van der Waals surface area contributed by atoms with Gasteiger partial charge in [0, 0.05) is 6.42 Å². The van der Waals surface area contributed by atoms with Gasteiger partial charge in [-0.3, -0.25) is 4.79 Å². The van der Waals surface area contributed by atoms with E-state index in [1.165, 1.54) is 0 Å². The molecule has 0 amide bonds. The van der Waals surface area contributed by atoms with E-state index < -0.39 is 5.54 Å². The smallest absolute Gasteiger partial charge is 0.150 e. The molecule has 1 aromatic carbocycles. The number of carbonyl (C=O) groups excluding carboxylic acids is 1. The third-order valence-electron chi connectivity index (χ3n) is 3.44. The summed E-state index contributed by atoms with van der Waals surface area (Å²) >= 11 is 0. The molecule has 1 aromatic rings. The van der Waals surface area contributed by atoms with E-state index in [1.54, 1.807) is 0 Å². The molecule has 0 radical (unpaired) electrons. The highest BCUT2D eigenvalue weighted by Crippen LogP contribution is 2.42. The fraction of sp³-hybridized carbons (Fsp3) is 0.385. The molecule has 86 valence electrons. The number of ketones is 1. The van der Waals surface area contributed by atoms with Crippen molar-refractivity contribution in [3.05, 3.63) is 35.9 Å². The first-order chi connectivity index (χ1) is 8.25. The Morgan fingerprint density at radius 2 is 2.18 bits per heavy atom. The standard InChI is InChI=1S/C13H12N2O2/c14-8-13-6-11(16)7-15(13)12(17-9-13)10-4-2-1-3-5-10/h1-5,12H,6-7,9H2/t12-,13-/m1/s1. The number of benzene rings is 1. The van der Waals surface area contributed by atoms with Crippen LogP contribution in [0.2, 0.25) is 0 Å². The Hall–Kier alpha value is -1.70. The number of ether oxygens (including phenoxy) is 1. The zero-order valence-electron chi connectivity index (χ0n) is 9.30. The molecular weight excluding hydrogens is 216 g/mol. The number of fused-ring (bicyclic) bond motifs is 1. The number of nitriles is 1. The van der Waals surface area contributed by atoms with Gasteiger partial charge in [-0.1, -0.05) is 30.3 Å². The van der Waals surface area contributed by atoms with Gasteiger partial charge in [0.2, 0.25) is 0 Å². The summed E-state index contributed by atoms with van der Waals surface area (Å²) in [5.41, 5.74) is 0.261. The van der Waals surface area contributed by atoms with E-state index in [9.17, 15) is 10.1 Å². The second kappa shape index (κ2) is 3.66. The maximum absolute atomic E-state index is 11.5. The van der Waals surface area contributed by atoms with Gasteiger partial charge in [0.05, 0.1) is 19.2 Å². The van der Waals surface area contributed by atoms with Crippen molar-refractivity contribution >= 4 is 5.78 Å². The summed E-state index contributed by atoms with van der Waals surface area (Å²) in [6, 6.07) is 12.0. The predicted octanol–water partition coefficient (Wildman–Crippen LogP) is 1.25. The Morgan fingerprint density at radius 3 is 2.88 bits per heavy atom. The van der Waals surface area contributed by atoms with Crippen LogP contribution in [0.1, 0.15) is 18.2 Å². The molecule has 0 spiro atoms. The van der Waals surface area contributed by atoms with E-state index in [-0.39, 0.29) is 18.4 Å². The van der Waals surface area contributed by atoms with E-state index in [0.717, 1.165) is 5.56 Å². The van der Waals surface area contributed by atoms with Crippen LogP contribution in [-0.4, -0.2) is 29.4 Å². The molecule has 3 rings (SSSR count). The molecule has 0 unspecified atom stereocenters. The third kappa shape index (κ3) is 1.47. The lowest BCUT2D eigenvalue weighted by Crippen LogP contribution is -2.39. The van der Waals surface area contributed by atoms with E-state index in [4.69, 9.17) is 4.74 Å². The molecule has 4 nitrogen and oxygen atoms in total. The Kier molecular flexibility index (Phi) is 2.25. The van der Waals surface area contributed by atoms with Crippen LogP contribution in [0.5, 0.6) is 0 Å². The molecule has 0 N–H and O–H groups in total. The van der Waals surface area contributed by atoms with Crippen LogP contribution in [0.3, 0.4) is 0 Å². The van der Waals surface area contributed by atoms with Crippen LogP contribution in [0.4, 0.5) is 0 Å². The molecule has 2 aliphatic rings. The molecule has 0 aliphatic carbocycles. The van der Waals surface area contributed by atoms with Crippen LogP contribution < -0.4 is 0 Å². The first-order valence-corrected chi connectivity index (χ1v) is 5.61. The van der Waals surface area contributed by atoms with Crippen molar-refractivity contribution in [2.45, 2.75) is 18.2 Å². The zero-order chi connectivity index (χ0) is 11.9. The van der Waals surface area contributed by atoms with Gasteiger partial charge < -0.3 is 4.74 Å². The molecule has 2 fully saturated rings. The van der Waals surface area contributed by atoms with Gasteiger partial charge in [-0.25, -0.2) is 4.90 Å². The minimum atomic E-state index is -0.739. The molecule has 17 heavy (non-hydrogen) atoms. The second-order valence-corrected chi connectivity index (χ2v) is 4.56. The lowest BCUT2D eigenvalue weighted by atomic mass is 10.00. The van der Waals surface area contributed by atoms with Crippen LogP contribution in [0.15, 0.2) is 30.3 Å². The van der Waals surface area contributed by atoms with Crippen LogP contribution >= 0.6 is 0 Å². The summed E-state index contributed by atoms with van der Waals surface area (Å²) in [5.74, 6) is 0.121. The molecule has 2 heterocycles. The average molecular weight is 228 g/mol. The molecule has 2 saturated heterocycles. The summed E-state index contributed by atoms with van der Waals surface area (Å²) in [5, 5.41) is 9.29. The second-order valence-electron chi connectivity index (χ2n) is 4.56. The SMILES string of the molecule is N#C[C@]12CO[C@H](c3ccccc3)N1CC(=O)C2. The van der Waals surface area contributed by atoms with Gasteiger partial charge in [0.25, 0.3) is 0 Å². The maximum atomic E-state index is 11.5. The molecule has 0 aromatic heterocycles. The lowest BCUT2D eigenvalue weighted by Gasteiger charge is -2.25. The number of Topliss-reactive ketones (excluding diaryl/α,β-unsaturated/α-hetero) is 1. The van der Waals surface area contributed by atoms with Crippen molar-refractivity contribution in [3.8, 4) is 6.07 Å². The van der Waals surface area contributed by atoms with Gasteiger partial charge in [0.15, 0.2) is 0 Å². The van der Waals surface area contributed by atoms with Crippen molar-refractivity contribution in [3.63, 3.8) is 0 Å². The Bertz CT molecular complexity index is 494. The van der Waals surface area contributed by atoms with Gasteiger partial charge in [0.1, 0.15) is 17.6 Å². The molecule has 0 bridgehead atoms.